The monoisotopic (exact) mass is 341 g/mol. The van der Waals surface area contributed by atoms with Crippen LogP contribution in [-0.4, -0.2) is 32.7 Å². The molecule has 2 amide bonds. The van der Waals surface area contributed by atoms with Crippen molar-refractivity contribution in [3.8, 4) is 0 Å². The number of nitrogens with one attached hydrogen (secondary N) is 2. The molecule has 0 saturated heterocycles. The third-order valence-corrected chi connectivity index (χ3v) is 3.55. The fourth-order valence-electron chi connectivity index (χ4n) is 2.22. The highest BCUT2D eigenvalue weighted by molar-refractivity contribution is 5.96. The van der Waals surface area contributed by atoms with Gasteiger partial charge in [-0.15, -0.1) is 0 Å². The average molecular weight is 341 g/mol. The summed E-state index contributed by atoms with van der Waals surface area (Å²) in [4.78, 5) is 25.8. The largest absolute Gasteiger partial charge is 0.450 e. The van der Waals surface area contributed by atoms with Gasteiger partial charge < -0.3 is 15.0 Å². The van der Waals surface area contributed by atoms with Gasteiger partial charge in [-0.05, 0) is 42.8 Å². The zero-order valence-corrected chi connectivity index (χ0v) is 14.7. The molecule has 0 aliphatic heterocycles. The van der Waals surface area contributed by atoms with Crippen LogP contribution in [0.3, 0.4) is 0 Å². The number of nitrogens with zero attached hydrogens (tertiary/aromatic N) is 1. The maximum atomic E-state index is 12.3. The van der Waals surface area contributed by atoms with Crippen LogP contribution in [0.1, 0.15) is 22.8 Å². The van der Waals surface area contributed by atoms with Gasteiger partial charge >= 0.3 is 6.09 Å². The summed E-state index contributed by atoms with van der Waals surface area (Å²) in [5.74, 6) is -0.204. The predicted molar refractivity (Wildman–Crippen MR) is 99.0 cm³/mol. The molecule has 2 N–H and O–H groups in total. The predicted octanol–water partition coefficient (Wildman–Crippen LogP) is 3.25. The number of hydrogen-bond acceptors (Lipinski definition) is 4. The lowest BCUT2D eigenvalue weighted by Gasteiger charge is -2.13. The van der Waals surface area contributed by atoms with E-state index in [1.807, 2.05) is 43.3 Å². The van der Waals surface area contributed by atoms with E-state index in [4.69, 9.17) is 4.74 Å². The second kappa shape index (κ2) is 8.73. The Hall–Kier alpha value is -3.02. The molecule has 0 spiro atoms. The van der Waals surface area contributed by atoms with Crippen molar-refractivity contribution in [3.05, 3.63) is 59.7 Å². The SMILES string of the molecule is CCOC(=O)Nc1cccc(C(=O)NCc2ccc(N(C)C)cc2)c1. The summed E-state index contributed by atoms with van der Waals surface area (Å²) in [6.45, 7) is 2.45. The second-order valence-corrected chi connectivity index (χ2v) is 5.67. The molecule has 6 nitrogen and oxygen atoms in total. The minimum absolute atomic E-state index is 0.204. The molecule has 0 atom stereocenters. The molecule has 0 aliphatic rings. The first-order valence-corrected chi connectivity index (χ1v) is 8.08. The van der Waals surface area contributed by atoms with Gasteiger partial charge in [-0.1, -0.05) is 18.2 Å². The Labute approximate surface area is 147 Å². The van der Waals surface area contributed by atoms with Crippen LogP contribution >= 0.6 is 0 Å². The molecule has 0 aromatic heterocycles. The molecule has 0 fully saturated rings. The zero-order chi connectivity index (χ0) is 18.2. The lowest BCUT2D eigenvalue weighted by atomic mass is 10.1. The van der Waals surface area contributed by atoms with E-state index in [2.05, 4.69) is 10.6 Å². The third-order valence-electron chi connectivity index (χ3n) is 3.55. The smallest absolute Gasteiger partial charge is 0.411 e. The fraction of sp³-hybridized carbons (Fsp3) is 0.263. The number of rotatable bonds is 6. The van der Waals surface area contributed by atoms with Crippen LogP contribution in [0.25, 0.3) is 0 Å². The van der Waals surface area contributed by atoms with Crippen molar-refractivity contribution in [3.63, 3.8) is 0 Å². The fourth-order valence-corrected chi connectivity index (χ4v) is 2.22. The second-order valence-electron chi connectivity index (χ2n) is 5.67. The van der Waals surface area contributed by atoms with Crippen LogP contribution in [0, 0.1) is 0 Å². The number of carbonyl (C=O) groups excluding carboxylic acids is 2. The van der Waals surface area contributed by atoms with Crippen molar-refractivity contribution in [2.75, 3.05) is 30.9 Å². The molecular formula is C19H23N3O3. The summed E-state index contributed by atoms with van der Waals surface area (Å²) in [6.07, 6.45) is -0.541. The van der Waals surface area contributed by atoms with Crippen molar-refractivity contribution >= 4 is 23.4 Å². The summed E-state index contributed by atoms with van der Waals surface area (Å²) in [7, 11) is 3.96. The van der Waals surface area contributed by atoms with Gasteiger partial charge in [-0.2, -0.15) is 0 Å². The molecule has 2 rings (SSSR count). The van der Waals surface area contributed by atoms with E-state index in [1.54, 1.807) is 31.2 Å². The van der Waals surface area contributed by atoms with Crippen LogP contribution in [0.15, 0.2) is 48.5 Å². The molecule has 2 aromatic carbocycles. The highest BCUT2D eigenvalue weighted by atomic mass is 16.5. The molecule has 0 saturated carbocycles. The van der Waals surface area contributed by atoms with Crippen LogP contribution in [0.5, 0.6) is 0 Å². The van der Waals surface area contributed by atoms with Crippen molar-refractivity contribution in [2.45, 2.75) is 13.5 Å². The highest BCUT2D eigenvalue weighted by Gasteiger charge is 2.08. The first-order valence-electron chi connectivity index (χ1n) is 8.08. The van der Waals surface area contributed by atoms with Gasteiger partial charge in [0.2, 0.25) is 0 Å². The van der Waals surface area contributed by atoms with Gasteiger partial charge in [0.15, 0.2) is 0 Å². The lowest BCUT2D eigenvalue weighted by Crippen LogP contribution is -2.23. The average Bonchev–Trinajstić information content (AvgIpc) is 2.60. The van der Waals surface area contributed by atoms with Crippen LogP contribution in [-0.2, 0) is 11.3 Å². The number of anilines is 2. The summed E-state index contributed by atoms with van der Waals surface area (Å²) >= 11 is 0. The number of ether oxygens (including phenoxy) is 1. The number of hydrogen-bond donors (Lipinski definition) is 2. The number of carbonyl (C=O) groups is 2. The molecule has 0 radical (unpaired) electrons. The number of benzene rings is 2. The molecule has 25 heavy (non-hydrogen) atoms. The number of amides is 2. The van der Waals surface area contributed by atoms with Gasteiger partial charge in [0, 0.05) is 37.6 Å². The highest BCUT2D eigenvalue weighted by Crippen LogP contribution is 2.13. The Morgan fingerprint density at radius 1 is 1.08 bits per heavy atom. The molecule has 132 valence electrons. The standard InChI is InChI=1S/C19H23N3O3/c1-4-25-19(24)21-16-7-5-6-15(12-16)18(23)20-13-14-8-10-17(11-9-14)22(2)3/h5-12H,4,13H2,1-3H3,(H,20,23)(H,21,24). The van der Waals surface area contributed by atoms with E-state index >= 15 is 0 Å². The summed E-state index contributed by atoms with van der Waals surface area (Å²) in [5.41, 5.74) is 3.10. The Balaban J connectivity index is 1.95. The Morgan fingerprint density at radius 3 is 2.44 bits per heavy atom. The topological polar surface area (TPSA) is 70.7 Å². The quantitative estimate of drug-likeness (QED) is 0.846. The van der Waals surface area contributed by atoms with Gasteiger partial charge in [-0.3, -0.25) is 10.1 Å². The van der Waals surface area contributed by atoms with Crippen molar-refractivity contribution in [1.29, 1.82) is 0 Å². The summed E-state index contributed by atoms with van der Waals surface area (Å²) in [6, 6.07) is 14.7. The van der Waals surface area contributed by atoms with E-state index in [0.717, 1.165) is 11.3 Å². The molecule has 0 aliphatic carbocycles. The van der Waals surface area contributed by atoms with E-state index in [-0.39, 0.29) is 5.91 Å². The van der Waals surface area contributed by atoms with Gasteiger partial charge in [0.1, 0.15) is 0 Å². The van der Waals surface area contributed by atoms with Crippen molar-refractivity contribution < 1.29 is 14.3 Å². The van der Waals surface area contributed by atoms with E-state index in [0.29, 0.717) is 24.4 Å². The van der Waals surface area contributed by atoms with Gasteiger partial charge in [-0.25, -0.2) is 4.79 Å². The van der Waals surface area contributed by atoms with Crippen LogP contribution in [0.4, 0.5) is 16.2 Å². The maximum absolute atomic E-state index is 12.3. The summed E-state index contributed by atoms with van der Waals surface area (Å²) in [5, 5.41) is 5.46. The van der Waals surface area contributed by atoms with E-state index < -0.39 is 6.09 Å². The molecule has 0 bridgehead atoms. The Morgan fingerprint density at radius 2 is 1.80 bits per heavy atom. The van der Waals surface area contributed by atoms with Crippen molar-refractivity contribution in [1.82, 2.24) is 5.32 Å². The summed E-state index contributed by atoms with van der Waals surface area (Å²) < 4.78 is 4.82. The normalized spacial score (nSPS) is 10.0. The molecule has 6 heteroatoms. The molecule has 2 aromatic rings. The Kier molecular flexibility index (Phi) is 6.39. The maximum Gasteiger partial charge on any atom is 0.411 e. The Bertz CT molecular complexity index is 727. The van der Waals surface area contributed by atoms with Crippen molar-refractivity contribution in [2.24, 2.45) is 0 Å². The van der Waals surface area contributed by atoms with E-state index in [9.17, 15) is 9.59 Å². The lowest BCUT2D eigenvalue weighted by molar-refractivity contribution is 0.0950. The van der Waals surface area contributed by atoms with Crippen LogP contribution in [0.2, 0.25) is 0 Å². The first kappa shape index (κ1) is 18.3. The van der Waals surface area contributed by atoms with Gasteiger partial charge in [0.25, 0.3) is 5.91 Å². The third kappa shape index (κ3) is 5.53. The molecule has 0 unspecified atom stereocenters. The van der Waals surface area contributed by atoms with E-state index in [1.165, 1.54) is 0 Å². The van der Waals surface area contributed by atoms with Crippen LogP contribution < -0.4 is 15.5 Å². The minimum Gasteiger partial charge on any atom is -0.450 e. The van der Waals surface area contributed by atoms with Gasteiger partial charge in [0.05, 0.1) is 6.61 Å². The zero-order valence-electron chi connectivity index (χ0n) is 14.7. The minimum atomic E-state index is -0.541. The molecular weight excluding hydrogens is 318 g/mol. The molecule has 0 heterocycles. The first-order chi connectivity index (χ1) is 12.0.